The molecule has 1 rings (SSSR count). The summed E-state index contributed by atoms with van der Waals surface area (Å²) in [6, 6.07) is 1.60. The summed E-state index contributed by atoms with van der Waals surface area (Å²) in [5.41, 5.74) is 0. The van der Waals surface area contributed by atoms with Crippen LogP contribution < -0.4 is 0 Å². The molecule has 2 nitrogen and oxygen atoms in total. The summed E-state index contributed by atoms with van der Waals surface area (Å²) in [4.78, 5) is 0. The van der Waals surface area contributed by atoms with Gasteiger partial charge in [0.25, 0.3) is 0 Å². The molecule has 0 unspecified atom stereocenters. The Morgan fingerprint density at radius 2 is 1.58 bits per heavy atom. The van der Waals surface area contributed by atoms with Crippen molar-refractivity contribution in [2.45, 2.75) is 13.8 Å². The maximum absolute atomic E-state index is 12.3. The number of phenolic OH excluding ortho intramolecular Hbond substituents is 2. The van der Waals surface area contributed by atoms with Crippen LogP contribution in [0.25, 0.3) is 0 Å². The summed E-state index contributed by atoms with van der Waals surface area (Å²) in [6.07, 6.45) is 0. The first-order valence-corrected chi connectivity index (χ1v) is 3.49. The van der Waals surface area contributed by atoms with Gasteiger partial charge >= 0.3 is 0 Å². The van der Waals surface area contributed by atoms with Crippen LogP contribution >= 0.6 is 0 Å². The minimum absolute atomic E-state index is 0.765. The van der Waals surface area contributed by atoms with Crippen molar-refractivity contribution >= 4 is 0 Å². The van der Waals surface area contributed by atoms with Crippen LogP contribution in [0.15, 0.2) is 12.1 Å². The van der Waals surface area contributed by atoms with Crippen LogP contribution in [0.3, 0.4) is 0 Å². The third-order valence-corrected chi connectivity index (χ3v) is 1.05. The number of rotatable bonds is 0. The first-order valence-electron chi connectivity index (χ1n) is 3.49. The first kappa shape index (κ1) is 10.7. The van der Waals surface area contributed by atoms with Gasteiger partial charge < -0.3 is 10.2 Å². The van der Waals surface area contributed by atoms with Crippen LogP contribution in [0.5, 0.6) is 11.5 Å². The lowest BCUT2D eigenvalue weighted by Crippen LogP contribution is -1.81. The fourth-order valence-corrected chi connectivity index (χ4v) is 0.530. The second kappa shape index (κ2) is 4.54. The van der Waals surface area contributed by atoms with Gasteiger partial charge in [0.2, 0.25) is 5.82 Å². The Labute approximate surface area is 69.1 Å². The molecular formula is C8H10F2O2. The molecule has 2 N–H and O–H groups in total. The Morgan fingerprint density at radius 1 is 1.08 bits per heavy atom. The van der Waals surface area contributed by atoms with Gasteiger partial charge in [-0.05, 0) is 12.1 Å². The zero-order chi connectivity index (χ0) is 9.72. The van der Waals surface area contributed by atoms with E-state index in [1.54, 1.807) is 0 Å². The normalized spacial score (nSPS) is 8.67. The number of benzene rings is 1. The van der Waals surface area contributed by atoms with Gasteiger partial charge in [0.05, 0.1) is 0 Å². The smallest absolute Gasteiger partial charge is 0.209 e. The van der Waals surface area contributed by atoms with Crippen LogP contribution in [-0.2, 0) is 0 Å². The predicted molar refractivity (Wildman–Crippen MR) is 41.0 cm³/mol. The fourth-order valence-electron chi connectivity index (χ4n) is 0.530. The van der Waals surface area contributed by atoms with Crippen molar-refractivity contribution in [2.75, 3.05) is 0 Å². The van der Waals surface area contributed by atoms with Crippen molar-refractivity contribution in [2.24, 2.45) is 0 Å². The quantitative estimate of drug-likeness (QED) is 0.637. The van der Waals surface area contributed by atoms with E-state index < -0.39 is 23.1 Å². The van der Waals surface area contributed by atoms with Gasteiger partial charge in [0, 0.05) is 0 Å². The minimum Gasteiger partial charge on any atom is -0.505 e. The molecule has 68 valence electrons. The second-order valence-corrected chi connectivity index (χ2v) is 1.73. The van der Waals surface area contributed by atoms with E-state index in [4.69, 9.17) is 10.2 Å². The highest BCUT2D eigenvalue weighted by molar-refractivity contribution is 5.34. The first-order chi connectivity index (χ1) is 5.63. The van der Waals surface area contributed by atoms with E-state index in [0.717, 1.165) is 12.1 Å². The highest BCUT2D eigenvalue weighted by Crippen LogP contribution is 2.26. The maximum atomic E-state index is 12.3. The van der Waals surface area contributed by atoms with Crippen LogP contribution in [0.1, 0.15) is 13.8 Å². The molecule has 0 saturated heterocycles. The van der Waals surface area contributed by atoms with E-state index in [1.807, 2.05) is 13.8 Å². The van der Waals surface area contributed by atoms with Crippen molar-refractivity contribution in [1.82, 2.24) is 0 Å². The molecule has 1 aromatic carbocycles. The van der Waals surface area contributed by atoms with E-state index in [9.17, 15) is 8.78 Å². The summed E-state index contributed by atoms with van der Waals surface area (Å²) < 4.78 is 24.4. The Kier molecular flexibility index (Phi) is 4.04. The van der Waals surface area contributed by atoms with Crippen molar-refractivity contribution in [3.63, 3.8) is 0 Å². The van der Waals surface area contributed by atoms with Gasteiger partial charge in [-0.1, -0.05) is 13.8 Å². The van der Waals surface area contributed by atoms with E-state index in [1.165, 1.54) is 0 Å². The average Bonchev–Trinajstić information content (AvgIpc) is 2.12. The number of hydrogen-bond acceptors (Lipinski definition) is 2. The molecule has 0 amide bonds. The molecule has 4 heteroatoms. The van der Waals surface area contributed by atoms with Crippen LogP contribution in [0.4, 0.5) is 8.78 Å². The number of hydrogen-bond donors (Lipinski definition) is 2. The average molecular weight is 176 g/mol. The molecule has 0 saturated carbocycles. The van der Waals surface area contributed by atoms with E-state index in [0.29, 0.717) is 0 Å². The zero-order valence-electron chi connectivity index (χ0n) is 6.81. The Bertz CT molecular complexity index is 234. The lowest BCUT2D eigenvalue weighted by atomic mass is 10.3. The van der Waals surface area contributed by atoms with Crippen LogP contribution in [0, 0.1) is 11.6 Å². The van der Waals surface area contributed by atoms with Crippen molar-refractivity contribution in [3.05, 3.63) is 23.8 Å². The summed E-state index contributed by atoms with van der Waals surface area (Å²) in [5, 5.41) is 17.0. The van der Waals surface area contributed by atoms with Gasteiger partial charge in [-0.2, -0.15) is 4.39 Å². The Balaban J connectivity index is 0.000000561. The molecule has 0 spiro atoms. The lowest BCUT2D eigenvalue weighted by molar-refractivity contribution is 0.366. The molecule has 0 heterocycles. The Morgan fingerprint density at radius 3 is 2.00 bits per heavy atom. The number of phenols is 2. The third kappa shape index (κ3) is 2.08. The van der Waals surface area contributed by atoms with E-state index in [2.05, 4.69) is 0 Å². The zero-order valence-corrected chi connectivity index (χ0v) is 6.81. The van der Waals surface area contributed by atoms with Crippen molar-refractivity contribution < 1.29 is 19.0 Å². The van der Waals surface area contributed by atoms with Crippen molar-refractivity contribution in [1.29, 1.82) is 0 Å². The van der Waals surface area contributed by atoms with Gasteiger partial charge in [-0.15, -0.1) is 0 Å². The molecule has 1 aromatic rings. The fraction of sp³-hybridized carbons (Fsp3) is 0.250. The van der Waals surface area contributed by atoms with E-state index in [-0.39, 0.29) is 0 Å². The molecule has 0 radical (unpaired) electrons. The van der Waals surface area contributed by atoms with E-state index >= 15 is 0 Å². The summed E-state index contributed by atoms with van der Waals surface area (Å²) in [7, 11) is 0. The summed E-state index contributed by atoms with van der Waals surface area (Å²) >= 11 is 0. The summed E-state index contributed by atoms with van der Waals surface area (Å²) in [6.45, 7) is 4.00. The van der Waals surface area contributed by atoms with Crippen molar-refractivity contribution in [3.8, 4) is 11.5 Å². The topological polar surface area (TPSA) is 40.5 Å². The SMILES string of the molecule is CC.Oc1ccc(F)c(O)c1F. The van der Waals surface area contributed by atoms with Gasteiger partial charge in [-0.3, -0.25) is 0 Å². The van der Waals surface area contributed by atoms with Crippen LogP contribution in [0.2, 0.25) is 0 Å². The molecule has 0 aliphatic carbocycles. The molecule has 0 atom stereocenters. The number of aromatic hydroxyl groups is 2. The second-order valence-electron chi connectivity index (χ2n) is 1.73. The highest BCUT2D eigenvalue weighted by Gasteiger charge is 2.10. The maximum Gasteiger partial charge on any atom is 0.209 e. The molecule has 12 heavy (non-hydrogen) atoms. The predicted octanol–water partition coefficient (Wildman–Crippen LogP) is 2.40. The summed E-state index contributed by atoms with van der Waals surface area (Å²) in [5.74, 6) is -4.34. The van der Waals surface area contributed by atoms with Gasteiger partial charge in [0.15, 0.2) is 17.3 Å². The minimum atomic E-state index is -1.33. The molecule has 0 bridgehead atoms. The standard InChI is InChI=1S/C6H4F2O2.C2H6/c7-3-1-2-4(9)5(8)6(3)10;1-2/h1-2,9-10H;1-2H3. The molecule has 0 aliphatic rings. The molecule has 0 aliphatic heterocycles. The monoisotopic (exact) mass is 176 g/mol. The van der Waals surface area contributed by atoms with Gasteiger partial charge in [-0.25, -0.2) is 4.39 Å². The lowest BCUT2D eigenvalue weighted by Gasteiger charge is -1.97. The van der Waals surface area contributed by atoms with Crippen LogP contribution in [-0.4, -0.2) is 10.2 Å². The number of halogens is 2. The molecular weight excluding hydrogens is 166 g/mol. The van der Waals surface area contributed by atoms with Gasteiger partial charge in [0.1, 0.15) is 0 Å². The molecule has 0 aromatic heterocycles. The Hall–Kier alpha value is -1.32. The largest absolute Gasteiger partial charge is 0.505 e. The third-order valence-electron chi connectivity index (χ3n) is 1.05. The molecule has 0 fully saturated rings. The highest BCUT2D eigenvalue weighted by atomic mass is 19.1.